The van der Waals surface area contributed by atoms with Crippen LogP contribution >= 0.6 is 23.2 Å². The van der Waals surface area contributed by atoms with Crippen molar-refractivity contribution in [1.29, 1.82) is 0 Å². The molecule has 226 valence electrons. The molecular formula is C32H39Cl2N3O4S. The summed E-state index contributed by atoms with van der Waals surface area (Å²) >= 11 is 12.4. The Morgan fingerprint density at radius 2 is 1.57 bits per heavy atom. The lowest BCUT2D eigenvalue weighted by Crippen LogP contribution is -2.55. The summed E-state index contributed by atoms with van der Waals surface area (Å²) < 4.78 is 29.4. The Morgan fingerprint density at radius 1 is 0.929 bits per heavy atom. The number of amides is 2. The third-order valence-corrected chi connectivity index (χ3v) is 9.26. The van der Waals surface area contributed by atoms with Gasteiger partial charge in [0.2, 0.25) is 11.8 Å². The van der Waals surface area contributed by atoms with Crippen molar-refractivity contribution in [2.45, 2.75) is 77.4 Å². The second kappa shape index (κ2) is 13.9. The van der Waals surface area contributed by atoms with Gasteiger partial charge in [-0.25, -0.2) is 8.42 Å². The first kappa shape index (κ1) is 33.4. The molecule has 0 aliphatic carbocycles. The molecule has 42 heavy (non-hydrogen) atoms. The fraction of sp³-hybridized carbons (Fsp3) is 0.375. The molecular weight excluding hydrogens is 593 g/mol. The van der Waals surface area contributed by atoms with Crippen LogP contribution in [0.5, 0.6) is 0 Å². The first-order chi connectivity index (χ1) is 19.7. The quantitative estimate of drug-likeness (QED) is 0.253. The van der Waals surface area contributed by atoms with Crippen LogP contribution in [0.1, 0.15) is 57.7 Å². The van der Waals surface area contributed by atoms with E-state index in [-0.39, 0.29) is 17.3 Å². The molecule has 3 aromatic carbocycles. The number of anilines is 1. The Kier molecular flexibility index (Phi) is 11.1. The minimum atomic E-state index is -4.15. The smallest absolute Gasteiger partial charge is 0.264 e. The lowest BCUT2D eigenvalue weighted by atomic mass is 10.1. The van der Waals surface area contributed by atoms with Crippen LogP contribution in [-0.4, -0.2) is 43.3 Å². The van der Waals surface area contributed by atoms with Crippen molar-refractivity contribution in [3.63, 3.8) is 0 Å². The predicted octanol–water partition coefficient (Wildman–Crippen LogP) is 6.78. The van der Waals surface area contributed by atoms with E-state index in [2.05, 4.69) is 5.32 Å². The maximum atomic E-state index is 14.3. The summed E-state index contributed by atoms with van der Waals surface area (Å²) in [7, 11) is -4.15. The van der Waals surface area contributed by atoms with Gasteiger partial charge < -0.3 is 10.2 Å². The highest BCUT2D eigenvalue weighted by Crippen LogP contribution is 2.29. The zero-order valence-electron chi connectivity index (χ0n) is 24.9. The average molecular weight is 633 g/mol. The van der Waals surface area contributed by atoms with Gasteiger partial charge in [-0.1, -0.05) is 79.0 Å². The van der Waals surface area contributed by atoms with Gasteiger partial charge >= 0.3 is 0 Å². The summed E-state index contributed by atoms with van der Waals surface area (Å²) in [5.41, 5.74) is 2.21. The highest BCUT2D eigenvalue weighted by atomic mass is 35.5. The van der Waals surface area contributed by atoms with Crippen LogP contribution in [0.25, 0.3) is 0 Å². The Hall–Kier alpha value is -3.07. The first-order valence-electron chi connectivity index (χ1n) is 13.9. The Balaban J connectivity index is 2.12. The molecule has 0 saturated carbocycles. The number of para-hydroxylation sites is 1. The van der Waals surface area contributed by atoms with Gasteiger partial charge in [-0.05, 0) is 82.0 Å². The van der Waals surface area contributed by atoms with E-state index in [1.54, 1.807) is 42.5 Å². The molecule has 0 aromatic heterocycles. The molecule has 0 bridgehead atoms. The molecule has 0 spiro atoms. The van der Waals surface area contributed by atoms with Crippen LogP contribution in [0, 0.1) is 6.92 Å². The fourth-order valence-electron chi connectivity index (χ4n) is 4.61. The van der Waals surface area contributed by atoms with E-state index >= 15 is 0 Å². The monoisotopic (exact) mass is 631 g/mol. The normalized spacial score (nSPS) is 12.5. The lowest BCUT2D eigenvalue weighted by molar-refractivity contribution is -0.141. The van der Waals surface area contributed by atoms with Gasteiger partial charge in [-0.15, -0.1) is 0 Å². The minimum absolute atomic E-state index is 0.0274. The number of hydrogen-bond acceptors (Lipinski definition) is 4. The van der Waals surface area contributed by atoms with Gasteiger partial charge in [0.25, 0.3) is 10.0 Å². The highest BCUT2D eigenvalue weighted by molar-refractivity contribution is 7.92. The molecule has 3 aromatic rings. The third-order valence-electron chi connectivity index (χ3n) is 6.75. The van der Waals surface area contributed by atoms with Crippen molar-refractivity contribution in [3.8, 4) is 0 Å². The standard InChI is InChI=1S/C32H39Cl2N3O4S/c1-7-24-11-9-10-12-29(24)37(42(40,41)25-16-13-22(3)14-17-25)21-30(38)36(20-23-15-18-26(33)27(34)19-23)28(8-2)31(39)35-32(4,5)6/h9-19,28H,7-8,20-21H2,1-6H3,(H,35,39). The number of halogens is 2. The molecule has 3 rings (SSSR count). The van der Waals surface area contributed by atoms with Gasteiger partial charge in [0, 0.05) is 12.1 Å². The van der Waals surface area contributed by atoms with Crippen molar-refractivity contribution in [2.75, 3.05) is 10.8 Å². The molecule has 1 N–H and O–H groups in total. The van der Waals surface area contributed by atoms with E-state index in [1.807, 2.05) is 53.7 Å². The Bertz CT molecular complexity index is 1520. The summed E-state index contributed by atoms with van der Waals surface area (Å²) in [5.74, 6) is -0.862. The molecule has 1 atom stereocenters. The maximum Gasteiger partial charge on any atom is 0.264 e. The van der Waals surface area contributed by atoms with E-state index in [9.17, 15) is 18.0 Å². The molecule has 7 nitrogen and oxygen atoms in total. The molecule has 0 aliphatic rings. The van der Waals surface area contributed by atoms with Crippen molar-refractivity contribution in [2.24, 2.45) is 0 Å². The molecule has 0 fully saturated rings. The van der Waals surface area contributed by atoms with E-state index in [4.69, 9.17) is 23.2 Å². The number of benzene rings is 3. The topological polar surface area (TPSA) is 86.8 Å². The molecule has 2 amide bonds. The van der Waals surface area contributed by atoms with Gasteiger partial charge in [0.05, 0.1) is 20.6 Å². The van der Waals surface area contributed by atoms with Crippen LogP contribution in [-0.2, 0) is 32.6 Å². The molecule has 0 radical (unpaired) electrons. The van der Waals surface area contributed by atoms with E-state index < -0.39 is 34.1 Å². The van der Waals surface area contributed by atoms with Gasteiger partial charge in [-0.2, -0.15) is 0 Å². The molecule has 10 heteroatoms. The summed E-state index contributed by atoms with van der Waals surface area (Å²) in [5, 5.41) is 3.64. The number of carbonyl (C=O) groups excluding carboxylic acids is 2. The third kappa shape index (κ3) is 8.27. The second-order valence-corrected chi connectivity index (χ2v) is 13.9. The van der Waals surface area contributed by atoms with Crippen molar-refractivity contribution in [3.05, 3.63) is 93.5 Å². The van der Waals surface area contributed by atoms with Crippen molar-refractivity contribution in [1.82, 2.24) is 10.2 Å². The largest absolute Gasteiger partial charge is 0.350 e. The van der Waals surface area contributed by atoms with Crippen LogP contribution in [0.3, 0.4) is 0 Å². The van der Waals surface area contributed by atoms with E-state index in [0.717, 1.165) is 15.4 Å². The number of carbonyl (C=O) groups is 2. The van der Waals surface area contributed by atoms with E-state index in [0.29, 0.717) is 34.1 Å². The zero-order valence-corrected chi connectivity index (χ0v) is 27.3. The summed E-state index contributed by atoms with van der Waals surface area (Å²) in [6, 6.07) is 17.8. The minimum Gasteiger partial charge on any atom is -0.350 e. The number of sulfonamides is 1. The molecule has 1 unspecified atom stereocenters. The van der Waals surface area contributed by atoms with Crippen LogP contribution in [0.15, 0.2) is 71.6 Å². The summed E-state index contributed by atoms with van der Waals surface area (Å²) in [6.45, 7) is 10.7. The van der Waals surface area contributed by atoms with Gasteiger partial charge in [-0.3, -0.25) is 13.9 Å². The number of aryl methyl sites for hydroxylation is 2. The van der Waals surface area contributed by atoms with E-state index in [1.165, 1.54) is 17.0 Å². The van der Waals surface area contributed by atoms with Crippen LogP contribution in [0.4, 0.5) is 5.69 Å². The Morgan fingerprint density at radius 3 is 2.14 bits per heavy atom. The number of rotatable bonds is 11. The van der Waals surface area contributed by atoms with Crippen LogP contribution < -0.4 is 9.62 Å². The number of hydrogen-bond donors (Lipinski definition) is 1. The van der Waals surface area contributed by atoms with Crippen LogP contribution in [0.2, 0.25) is 10.0 Å². The predicted molar refractivity (Wildman–Crippen MR) is 171 cm³/mol. The molecule has 0 saturated heterocycles. The first-order valence-corrected chi connectivity index (χ1v) is 16.1. The molecule has 0 heterocycles. The van der Waals surface area contributed by atoms with Crippen molar-refractivity contribution >= 4 is 50.7 Å². The lowest BCUT2D eigenvalue weighted by Gasteiger charge is -2.35. The second-order valence-electron chi connectivity index (χ2n) is 11.2. The highest BCUT2D eigenvalue weighted by Gasteiger charge is 2.35. The fourth-order valence-corrected chi connectivity index (χ4v) is 6.38. The average Bonchev–Trinajstić information content (AvgIpc) is 2.92. The summed E-state index contributed by atoms with van der Waals surface area (Å²) in [4.78, 5) is 29.2. The number of nitrogens with one attached hydrogen (secondary N) is 1. The SMILES string of the molecule is CCc1ccccc1N(CC(=O)N(Cc1ccc(Cl)c(Cl)c1)C(CC)C(=O)NC(C)(C)C)S(=O)(=O)c1ccc(C)cc1. The van der Waals surface area contributed by atoms with Gasteiger partial charge in [0.15, 0.2) is 0 Å². The maximum absolute atomic E-state index is 14.3. The molecule has 0 aliphatic heterocycles. The van der Waals surface area contributed by atoms with Crippen molar-refractivity contribution < 1.29 is 18.0 Å². The Labute approximate surface area is 259 Å². The van der Waals surface area contributed by atoms with Gasteiger partial charge in [0.1, 0.15) is 12.6 Å². The summed E-state index contributed by atoms with van der Waals surface area (Å²) in [6.07, 6.45) is 0.869. The number of nitrogens with zero attached hydrogens (tertiary/aromatic N) is 2. The zero-order chi connectivity index (χ0) is 31.2.